The van der Waals surface area contributed by atoms with E-state index < -0.39 is 0 Å². The molecule has 1 aromatic heterocycles. The van der Waals surface area contributed by atoms with Crippen LogP contribution in [0.5, 0.6) is 11.5 Å². The summed E-state index contributed by atoms with van der Waals surface area (Å²) >= 11 is 6.12. The molecule has 0 bridgehead atoms. The van der Waals surface area contributed by atoms with E-state index in [4.69, 9.17) is 26.8 Å². The number of anilines is 1. The van der Waals surface area contributed by atoms with E-state index in [9.17, 15) is 0 Å². The Balaban J connectivity index is 2.51. The molecule has 1 aromatic carbocycles. The standard InChI is InChI=1S/C13H13ClN2O2/c1-17-11-4-3-8(5-12(11)18-2)13-10(14)6-9(15)7-16-13/h3-7H,15H2,1-2H3. The number of benzene rings is 1. The molecular weight excluding hydrogens is 252 g/mol. The van der Waals surface area contributed by atoms with E-state index >= 15 is 0 Å². The first-order chi connectivity index (χ1) is 8.65. The molecule has 0 aliphatic rings. The molecule has 0 spiro atoms. The average Bonchev–Trinajstić information content (AvgIpc) is 2.38. The van der Waals surface area contributed by atoms with Gasteiger partial charge in [0.1, 0.15) is 0 Å². The van der Waals surface area contributed by atoms with E-state index in [-0.39, 0.29) is 0 Å². The van der Waals surface area contributed by atoms with Gasteiger partial charge < -0.3 is 15.2 Å². The summed E-state index contributed by atoms with van der Waals surface area (Å²) in [6.07, 6.45) is 1.57. The zero-order chi connectivity index (χ0) is 13.1. The maximum atomic E-state index is 6.12. The van der Waals surface area contributed by atoms with Crippen LogP contribution in [-0.4, -0.2) is 19.2 Å². The van der Waals surface area contributed by atoms with Crippen molar-refractivity contribution in [2.75, 3.05) is 20.0 Å². The summed E-state index contributed by atoms with van der Waals surface area (Å²) in [7, 11) is 3.17. The summed E-state index contributed by atoms with van der Waals surface area (Å²) in [5.41, 5.74) is 7.65. The lowest BCUT2D eigenvalue weighted by Gasteiger charge is -2.10. The Bertz CT molecular complexity index is 573. The number of nitrogens with zero attached hydrogens (tertiary/aromatic N) is 1. The minimum atomic E-state index is 0.502. The predicted octanol–water partition coefficient (Wildman–Crippen LogP) is 3.00. The normalized spacial score (nSPS) is 10.2. The Morgan fingerprint density at radius 1 is 1.11 bits per heavy atom. The van der Waals surface area contributed by atoms with Gasteiger partial charge >= 0.3 is 0 Å². The Hall–Kier alpha value is -1.94. The highest BCUT2D eigenvalue weighted by atomic mass is 35.5. The molecule has 94 valence electrons. The number of ether oxygens (including phenoxy) is 2. The first-order valence-corrected chi connectivity index (χ1v) is 5.67. The zero-order valence-corrected chi connectivity index (χ0v) is 10.9. The van der Waals surface area contributed by atoms with Gasteiger partial charge in [0.05, 0.1) is 36.8 Å². The largest absolute Gasteiger partial charge is 0.493 e. The highest BCUT2D eigenvalue weighted by Crippen LogP contribution is 2.34. The number of pyridine rings is 1. The van der Waals surface area contributed by atoms with E-state index in [1.165, 1.54) is 0 Å². The highest BCUT2D eigenvalue weighted by molar-refractivity contribution is 6.33. The van der Waals surface area contributed by atoms with Gasteiger partial charge in [-0.05, 0) is 24.3 Å². The summed E-state index contributed by atoms with van der Waals surface area (Å²) in [5.74, 6) is 1.29. The number of aromatic nitrogens is 1. The predicted molar refractivity (Wildman–Crippen MR) is 72.2 cm³/mol. The Morgan fingerprint density at radius 2 is 1.83 bits per heavy atom. The molecule has 2 rings (SSSR count). The molecule has 5 heteroatoms. The number of hydrogen-bond acceptors (Lipinski definition) is 4. The average molecular weight is 265 g/mol. The molecule has 4 nitrogen and oxygen atoms in total. The molecule has 0 fully saturated rings. The van der Waals surface area contributed by atoms with E-state index in [0.717, 1.165) is 5.56 Å². The van der Waals surface area contributed by atoms with Gasteiger partial charge in [-0.2, -0.15) is 0 Å². The fourth-order valence-electron chi connectivity index (χ4n) is 1.65. The molecule has 0 radical (unpaired) electrons. The van der Waals surface area contributed by atoms with Crippen LogP contribution in [0.1, 0.15) is 0 Å². The fraction of sp³-hybridized carbons (Fsp3) is 0.154. The Kier molecular flexibility index (Phi) is 3.58. The Labute approximate surface area is 110 Å². The van der Waals surface area contributed by atoms with Crippen molar-refractivity contribution >= 4 is 17.3 Å². The van der Waals surface area contributed by atoms with Gasteiger partial charge in [0.25, 0.3) is 0 Å². The lowest BCUT2D eigenvalue weighted by Crippen LogP contribution is -1.93. The van der Waals surface area contributed by atoms with Crippen molar-refractivity contribution < 1.29 is 9.47 Å². The van der Waals surface area contributed by atoms with Gasteiger partial charge in [-0.3, -0.25) is 4.98 Å². The van der Waals surface area contributed by atoms with Crippen LogP contribution < -0.4 is 15.2 Å². The van der Waals surface area contributed by atoms with Crippen LogP contribution in [0.15, 0.2) is 30.5 Å². The van der Waals surface area contributed by atoms with Crippen LogP contribution in [0, 0.1) is 0 Å². The summed E-state index contributed by atoms with van der Waals surface area (Å²) in [6.45, 7) is 0. The molecule has 18 heavy (non-hydrogen) atoms. The first-order valence-electron chi connectivity index (χ1n) is 5.29. The third-order valence-electron chi connectivity index (χ3n) is 2.52. The van der Waals surface area contributed by atoms with E-state index in [1.807, 2.05) is 18.2 Å². The second-order valence-corrected chi connectivity index (χ2v) is 4.08. The topological polar surface area (TPSA) is 57.4 Å². The van der Waals surface area contributed by atoms with Crippen molar-refractivity contribution in [2.24, 2.45) is 0 Å². The number of rotatable bonds is 3. The lowest BCUT2D eigenvalue weighted by atomic mass is 10.1. The van der Waals surface area contributed by atoms with Crippen molar-refractivity contribution in [1.29, 1.82) is 0 Å². The van der Waals surface area contributed by atoms with Crippen LogP contribution in [0.2, 0.25) is 5.02 Å². The minimum absolute atomic E-state index is 0.502. The van der Waals surface area contributed by atoms with Gasteiger partial charge in [-0.1, -0.05) is 11.6 Å². The molecule has 0 atom stereocenters. The maximum absolute atomic E-state index is 6.12. The second-order valence-electron chi connectivity index (χ2n) is 3.67. The lowest BCUT2D eigenvalue weighted by molar-refractivity contribution is 0.355. The number of methoxy groups -OCH3 is 2. The summed E-state index contributed by atoms with van der Waals surface area (Å²) in [5, 5.41) is 0.502. The summed E-state index contributed by atoms with van der Waals surface area (Å²) in [6, 6.07) is 7.16. The number of halogens is 1. The number of hydrogen-bond donors (Lipinski definition) is 1. The fourth-order valence-corrected chi connectivity index (χ4v) is 1.93. The van der Waals surface area contributed by atoms with Crippen LogP contribution >= 0.6 is 11.6 Å². The van der Waals surface area contributed by atoms with Crippen molar-refractivity contribution in [3.63, 3.8) is 0 Å². The first kappa shape index (κ1) is 12.5. The van der Waals surface area contributed by atoms with Gasteiger partial charge in [-0.15, -0.1) is 0 Å². The van der Waals surface area contributed by atoms with Crippen LogP contribution in [-0.2, 0) is 0 Å². The molecule has 2 aromatic rings. The van der Waals surface area contributed by atoms with Crippen molar-refractivity contribution in [3.05, 3.63) is 35.5 Å². The molecule has 0 aliphatic heterocycles. The molecular formula is C13H13ClN2O2. The monoisotopic (exact) mass is 264 g/mol. The van der Waals surface area contributed by atoms with Crippen LogP contribution in [0.4, 0.5) is 5.69 Å². The third kappa shape index (κ3) is 2.33. The van der Waals surface area contributed by atoms with E-state index in [0.29, 0.717) is 27.9 Å². The molecule has 0 saturated heterocycles. The highest BCUT2D eigenvalue weighted by Gasteiger charge is 2.10. The summed E-state index contributed by atoms with van der Waals surface area (Å²) < 4.78 is 10.4. The van der Waals surface area contributed by atoms with Gasteiger partial charge in [0.15, 0.2) is 11.5 Å². The number of nitrogens with two attached hydrogens (primary N) is 1. The smallest absolute Gasteiger partial charge is 0.161 e. The third-order valence-corrected chi connectivity index (χ3v) is 2.81. The molecule has 0 aliphatic carbocycles. The molecule has 0 amide bonds. The minimum Gasteiger partial charge on any atom is -0.493 e. The zero-order valence-electron chi connectivity index (χ0n) is 10.1. The van der Waals surface area contributed by atoms with Crippen LogP contribution in [0.25, 0.3) is 11.3 Å². The van der Waals surface area contributed by atoms with Crippen molar-refractivity contribution in [2.45, 2.75) is 0 Å². The van der Waals surface area contributed by atoms with E-state index in [2.05, 4.69) is 4.98 Å². The van der Waals surface area contributed by atoms with Gasteiger partial charge in [-0.25, -0.2) is 0 Å². The molecule has 0 unspecified atom stereocenters. The van der Waals surface area contributed by atoms with E-state index in [1.54, 1.807) is 26.5 Å². The van der Waals surface area contributed by atoms with Crippen molar-refractivity contribution in [1.82, 2.24) is 4.98 Å². The summed E-state index contributed by atoms with van der Waals surface area (Å²) in [4.78, 5) is 4.23. The molecule has 0 saturated carbocycles. The van der Waals surface area contributed by atoms with Gasteiger partial charge in [0.2, 0.25) is 0 Å². The number of nitrogen functional groups attached to an aromatic ring is 1. The van der Waals surface area contributed by atoms with Gasteiger partial charge in [0, 0.05) is 5.56 Å². The SMILES string of the molecule is COc1ccc(-c2ncc(N)cc2Cl)cc1OC. The molecule has 1 heterocycles. The van der Waals surface area contributed by atoms with Crippen molar-refractivity contribution in [3.8, 4) is 22.8 Å². The maximum Gasteiger partial charge on any atom is 0.161 e. The molecule has 2 N–H and O–H groups in total. The quantitative estimate of drug-likeness (QED) is 0.926. The van der Waals surface area contributed by atoms with Crippen LogP contribution in [0.3, 0.4) is 0 Å². The second kappa shape index (κ2) is 5.14. The Morgan fingerprint density at radius 3 is 2.44 bits per heavy atom.